The van der Waals surface area contributed by atoms with E-state index in [-0.39, 0.29) is 22.3 Å². The third-order valence-electron chi connectivity index (χ3n) is 8.51. The molecule has 7 heteroatoms. The van der Waals surface area contributed by atoms with E-state index in [1.807, 2.05) is 31.3 Å². The van der Waals surface area contributed by atoms with Crippen LogP contribution in [0.2, 0.25) is 0 Å². The summed E-state index contributed by atoms with van der Waals surface area (Å²) < 4.78 is 5.82. The van der Waals surface area contributed by atoms with E-state index in [0.29, 0.717) is 31.4 Å². The Labute approximate surface area is 213 Å². The molecule has 1 aliphatic heterocycles. The number of nitrogens with zero attached hydrogens (tertiary/aromatic N) is 1. The van der Waals surface area contributed by atoms with E-state index in [1.54, 1.807) is 4.90 Å². The van der Waals surface area contributed by atoms with E-state index in [4.69, 9.17) is 4.74 Å². The van der Waals surface area contributed by atoms with Crippen molar-refractivity contribution >= 4 is 28.8 Å². The lowest BCUT2D eigenvalue weighted by atomic mass is 9.58. The molecule has 35 heavy (non-hydrogen) atoms. The van der Waals surface area contributed by atoms with Crippen molar-refractivity contribution in [2.45, 2.75) is 82.8 Å². The van der Waals surface area contributed by atoms with Crippen LogP contribution in [-0.4, -0.2) is 47.4 Å². The van der Waals surface area contributed by atoms with Gasteiger partial charge in [-0.2, -0.15) is 0 Å². The minimum Gasteiger partial charge on any atom is -0.492 e. The molecule has 1 aromatic rings. The highest BCUT2D eigenvalue weighted by atomic mass is 32.2. The minimum absolute atomic E-state index is 0.198. The number of carbonyl (C=O) groups excluding carboxylic acids is 3. The number of hydrogen-bond acceptors (Lipinski definition) is 5. The predicted octanol–water partition coefficient (Wildman–Crippen LogP) is 5.58. The fourth-order valence-electron chi connectivity index (χ4n) is 6.14. The molecule has 1 aromatic carbocycles. The Morgan fingerprint density at radius 3 is 2.71 bits per heavy atom. The Hall–Kier alpha value is -2.02. The van der Waals surface area contributed by atoms with Gasteiger partial charge in [0.15, 0.2) is 0 Å². The standard InChI is InChI=1S/C28H40N2O4S/c1-28-14-4-3-7-22(28)18-20(13-15-28)6-5-8-25(31)30(2)16-17-34-23-11-9-21(10-12-23)19-24-26(32)29-27(33)35-24/h9-12,20,22,24H,3-8,13-19H2,1-2H3,(H,29,32,33)/t20-,22?,24?,28?/m0/s1. The number of rotatable bonds is 10. The molecule has 0 aromatic heterocycles. The van der Waals surface area contributed by atoms with Crippen molar-refractivity contribution < 1.29 is 19.1 Å². The second kappa shape index (κ2) is 11.8. The summed E-state index contributed by atoms with van der Waals surface area (Å²) in [6.45, 7) is 3.52. The number of nitrogens with one attached hydrogen (secondary N) is 1. The van der Waals surface area contributed by atoms with Crippen LogP contribution in [0.25, 0.3) is 0 Å². The molecule has 4 rings (SSSR count). The average Bonchev–Trinajstić information content (AvgIpc) is 3.16. The van der Waals surface area contributed by atoms with Gasteiger partial charge in [-0.1, -0.05) is 43.7 Å². The summed E-state index contributed by atoms with van der Waals surface area (Å²) in [5, 5.41) is 1.68. The van der Waals surface area contributed by atoms with Gasteiger partial charge in [-0.25, -0.2) is 0 Å². The first-order chi connectivity index (χ1) is 16.8. The number of likely N-dealkylation sites (N-methyl/N-ethyl adjacent to an activating group) is 1. The number of benzene rings is 1. The van der Waals surface area contributed by atoms with E-state index < -0.39 is 0 Å². The molecule has 1 saturated heterocycles. The zero-order valence-corrected chi connectivity index (χ0v) is 22.0. The maximum absolute atomic E-state index is 12.6. The second-order valence-corrected chi connectivity index (χ2v) is 12.2. The number of imide groups is 1. The van der Waals surface area contributed by atoms with Gasteiger partial charge in [0.05, 0.1) is 11.8 Å². The number of carbonyl (C=O) groups is 3. The van der Waals surface area contributed by atoms with Gasteiger partial charge in [-0.15, -0.1) is 0 Å². The lowest BCUT2D eigenvalue weighted by Gasteiger charge is -2.48. The topological polar surface area (TPSA) is 75.7 Å². The SMILES string of the molecule is CN(CCOc1ccc(CC2SC(=O)NC2=O)cc1)C(=O)CCC[C@H]1CCC2(C)CCCCC2C1. The van der Waals surface area contributed by atoms with Gasteiger partial charge in [0.1, 0.15) is 12.4 Å². The Kier molecular flexibility index (Phi) is 8.79. The highest BCUT2D eigenvalue weighted by Gasteiger charge is 2.40. The first kappa shape index (κ1) is 26.1. The van der Waals surface area contributed by atoms with Crippen LogP contribution in [0, 0.1) is 17.3 Å². The Bertz CT molecular complexity index is 905. The molecule has 3 fully saturated rings. The van der Waals surface area contributed by atoms with E-state index in [1.165, 1.54) is 51.4 Å². The van der Waals surface area contributed by atoms with Gasteiger partial charge < -0.3 is 9.64 Å². The van der Waals surface area contributed by atoms with Crippen molar-refractivity contribution in [3.8, 4) is 5.75 Å². The van der Waals surface area contributed by atoms with Gasteiger partial charge in [0.25, 0.3) is 5.24 Å². The number of amides is 3. The monoisotopic (exact) mass is 500 g/mol. The molecule has 1 heterocycles. The Balaban J connectivity index is 1.10. The second-order valence-electron chi connectivity index (χ2n) is 11.0. The fraction of sp³-hybridized carbons (Fsp3) is 0.679. The molecule has 2 aliphatic carbocycles. The number of hydrogen-bond donors (Lipinski definition) is 1. The van der Waals surface area contributed by atoms with Crippen molar-refractivity contribution in [3.63, 3.8) is 0 Å². The van der Waals surface area contributed by atoms with Crippen molar-refractivity contribution in [2.24, 2.45) is 17.3 Å². The summed E-state index contributed by atoms with van der Waals surface area (Å²) in [6, 6.07) is 7.58. The van der Waals surface area contributed by atoms with Gasteiger partial charge in [0, 0.05) is 13.5 Å². The van der Waals surface area contributed by atoms with Crippen LogP contribution in [0.1, 0.15) is 76.7 Å². The van der Waals surface area contributed by atoms with Crippen molar-refractivity contribution in [2.75, 3.05) is 20.2 Å². The van der Waals surface area contributed by atoms with E-state index in [9.17, 15) is 14.4 Å². The van der Waals surface area contributed by atoms with Gasteiger partial charge >= 0.3 is 0 Å². The van der Waals surface area contributed by atoms with Crippen LogP contribution in [0.4, 0.5) is 4.79 Å². The zero-order valence-electron chi connectivity index (χ0n) is 21.2. The Morgan fingerprint density at radius 2 is 1.97 bits per heavy atom. The highest BCUT2D eigenvalue weighted by Crippen LogP contribution is 2.52. The molecule has 3 aliphatic rings. The van der Waals surface area contributed by atoms with E-state index in [0.717, 1.165) is 41.3 Å². The summed E-state index contributed by atoms with van der Waals surface area (Å²) in [5.74, 6) is 2.42. The first-order valence-electron chi connectivity index (χ1n) is 13.3. The molecular weight excluding hydrogens is 460 g/mol. The van der Waals surface area contributed by atoms with Crippen LogP contribution >= 0.6 is 11.8 Å². The molecule has 0 radical (unpaired) electrons. The molecule has 0 bridgehead atoms. The maximum Gasteiger partial charge on any atom is 0.286 e. The largest absolute Gasteiger partial charge is 0.492 e. The van der Waals surface area contributed by atoms with Crippen LogP contribution in [0.15, 0.2) is 24.3 Å². The van der Waals surface area contributed by atoms with Crippen molar-refractivity contribution in [1.29, 1.82) is 0 Å². The number of thioether (sulfide) groups is 1. The lowest BCUT2D eigenvalue weighted by molar-refractivity contribution is -0.130. The van der Waals surface area contributed by atoms with E-state index >= 15 is 0 Å². The zero-order chi connectivity index (χ0) is 24.8. The van der Waals surface area contributed by atoms with Gasteiger partial charge in [0.2, 0.25) is 11.8 Å². The molecule has 6 nitrogen and oxygen atoms in total. The van der Waals surface area contributed by atoms with Crippen molar-refractivity contribution in [1.82, 2.24) is 10.2 Å². The van der Waals surface area contributed by atoms with Crippen LogP contribution in [0.3, 0.4) is 0 Å². The quantitative estimate of drug-likeness (QED) is 0.454. The van der Waals surface area contributed by atoms with Gasteiger partial charge in [-0.05, 0) is 86.3 Å². The molecule has 192 valence electrons. The smallest absolute Gasteiger partial charge is 0.286 e. The maximum atomic E-state index is 12.6. The average molecular weight is 501 g/mol. The summed E-state index contributed by atoms with van der Waals surface area (Å²) in [4.78, 5) is 37.4. The summed E-state index contributed by atoms with van der Waals surface area (Å²) in [6.07, 6.45) is 13.1. The van der Waals surface area contributed by atoms with Crippen LogP contribution < -0.4 is 10.1 Å². The molecule has 4 atom stereocenters. The normalized spacial score (nSPS) is 28.3. The summed E-state index contributed by atoms with van der Waals surface area (Å²) in [7, 11) is 1.86. The third-order valence-corrected chi connectivity index (χ3v) is 9.49. The van der Waals surface area contributed by atoms with Crippen LogP contribution in [-0.2, 0) is 16.0 Å². The molecule has 1 N–H and O–H groups in total. The fourth-order valence-corrected chi connectivity index (χ4v) is 7.00. The van der Waals surface area contributed by atoms with Crippen LogP contribution in [0.5, 0.6) is 5.75 Å². The minimum atomic E-state index is -0.362. The van der Waals surface area contributed by atoms with Gasteiger partial charge in [-0.3, -0.25) is 19.7 Å². The Morgan fingerprint density at radius 1 is 1.17 bits per heavy atom. The summed E-state index contributed by atoms with van der Waals surface area (Å²) >= 11 is 1.04. The molecule has 0 spiro atoms. The predicted molar refractivity (Wildman–Crippen MR) is 139 cm³/mol. The number of fused-ring (bicyclic) bond motifs is 1. The first-order valence-corrected chi connectivity index (χ1v) is 14.2. The molecule has 3 unspecified atom stereocenters. The molecular formula is C28H40N2O4S. The highest BCUT2D eigenvalue weighted by molar-refractivity contribution is 8.15. The molecule has 2 saturated carbocycles. The van der Waals surface area contributed by atoms with E-state index in [2.05, 4.69) is 12.2 Å². The van der Waals surface area contributed by atoms with Crippen molar-refractivity contribution in [3.05, 3.63) is 29.8 Å². The summed E-state index contributed by atoms with van der Waals surface area (Å²) in [5.41, 5.74) is 1.58. The lowest BCUT2D eigenvalue weighted by Crippen LogP contribution is -2.36. The third kappa shape index (κ3) is 7.02. The number of ether oxygens (including phenoxy) is 1. The molecule has 3 amide bonds.